The number of carbonyl (C=O) groups excluding carboxylic acids is 2. The molecule has 1 N–H and O–H groups in total. The van der Waals surface area contributed by atoms with Gasteiger partial charge in [0.1, 0.15) is 11.5 Å². The molecule has 1 aliphatic rings. The van der Waals surface area contributed by atoms with Crippen molar-refractivity contribution < 1.29 is 27.8 Å². The van der Waals surface area contributed by atoms with E-state index in [2.05, 4.69) is 10.1 Å². The first-order valence-electron chi connectivity index (χ1n) is 8.85. The molecule has 6 nitrogen and oxygen atoms in total. The van der Waals surface area contributed by atoms with E-state index in [4.69, 9.17) is 4.74 Å². The normalized spacial score (nSPS) is 16.4. The molecule has 148 valence electrons. The quantitative estimate of drug-likeness (QED) is 0.783. The molecule has 1 aliphatic heterocycles. The number of hydrogen-bond acceptors (Lipinski definition) is 4. The lowest BCUT2D eigenvalue weighted by molar-refractivity contribution is -0.122. The summed E-state index contributed by atoms with van der Waals surface area (Å²) < 4.78 is 34.0. The molecule has 2 aromatic carbocycles. The first-order chi connectivity index (χ1) is 13.5. The Kier molecular flexibility index (Phi) is 6.08. The Morgan fingerprint density at radius 1 is 1.14 bits per heavy atom. The molecular weight excluding hydrogens is 370 g/mol. The summed E-state index contributed by atoms with van der Waals surface area (Å²) in [5.74, 6) is -0.220. The van der Waals surface area contributed by atoms with Gasteiger partial charge < -0.3 is 19.7 Å². The second kappa shape index (κ2) is 8.69. The molecule has 1 atom stereocenters. The number of anilines is 2. The summed E-state index contributed by atoms with van der Waals surface area (Å²) >= 11 is 0. The number of alkyl halides is 2. The zero-order chi connectivity index (χ0) is 20.1. The Morgan fingerprint density at radius 3 is 2.39 bits per heavy atom. The van der Waals surface area contributed by atoms with Crippen molar-refractivity contribution in [3.63, 3.8) is 0 Å². The number of hydrogen-bond donors (Lipinski definition) is 1. The van der Waals surface area contributed by atoms with Gasteiger partial charge in [0.05, 0.1) is 12.5 Å². The maximum Gasteiger partial charge on any atom is 0.387 e. The van der Waals surface area contributed by atoms with E-state index in [0.29, 0.717) is 23.7 Å². The van der Waals surface area contributed by atoms with Crippen LogP contribution in [0.15, 0.2) is 48.5 Å². The Labute approximate surface area is 161 Å². The Balaban J connectivity index is 1.60. The second-order valence-electron chi connectivity index (χ2n) is 6.22. The van der Waals surface area contributed by atoms with Crippen LogP contribution in [0.5, 0.6) is 11.5 Å². The van der Waals surface area contributed by atoms with Gasteiger partial charge in [0.2, 0.25) is 11.8 Å². The maximum atomic E-state index is 12.5. The van der Waals surface area contributed by atoms with Crippen molar-refractivity contribution in [2.24, 2.45) is 5.92 Å². The van der Waals surface area contributed by atoms with Crippen molar-refractivity contribution in [3.8, 4) is 11.5 Å². The van der Waals surface area contributed by atoms with Gasteiger partial charge in [0.15, 0.2) is 0 Å². The van der Waals surface area contributed by atoms with Crippen LogP contribution in [-0.4, -0.2) is 31.6 Å². The predicted octanol–water partition coefficient (Wildman–Crippen LogP) is 3.68. The standard InChI is InChI=1S/C20H20F2N2O4/c1-2-27-16-9-5-15(6-10-16)24-12-13(11-18(24)25)19(26)23-14-3-7-17(8-4-14)28-20(21)22/h3-10,13,20H,2,11-12H2,1H3,(H,23,26)/t13-/m1/s1. The zero-order valence-corrected chi connectivity index (χ0v) is 15.2. The van der Waals surface area contributed by atoms with E-state index in [1.807, 2.05) is 6.92 Å². The molecule has 0 aliphatic carbocycles. The van der Waals surface area contributed by atoms with Gasteiger partial charge in [-0.2, -0.15) is 8.78 Å². The van der Waals surface area contributed by atoms with Crippen LogP contribution in [0.1, 0.15) is 13.3 Å². The number of amides is 2. The molecule has 0 radical (unpaired) electrons. The molecular formula is C20H20F2N2O4. The molecule has 0 bridgehead atoms. The fraction of sp³-hybridized carbons (Fsp3) is 0.300. The topological polar surface area (TPSA) is 67.9 Å². The zero-order valence-electron chi connectivity index (χ0n) is 15.2. The number of nitrogens with zero attached hydrogens (tertiary/aromatic N) is 1. The van der Waals surface area contributed by atoms with Crippen LogP contribution in [0.3, 0.4) is 0 Å². The first-order valence-corrected chi connectivity index (χ1v) is 8.85. The van der Waals surface area contributed by atoms with Crippen LogP contribution >= 0.6 is 0 Å². The number of rotatable bonds is 7. The van der Waals surface area contributed by atoms with Gasteiger partial charge in [-0.3, -0.25) is 9.59 Å². The van der Waals surface area contributed by atoms with Gasteiger partial charge in [0.25, 0.3) is 0 Å². The molecule has 3 rings (SSSR count). The van der Waals surface area contributed by atoms with Crippen molar-refractivity contribution in [1.29, 1.82) is 0 Å². The van der Waals surface area contributed by atoms with Gasteiger partial charge in [-0.05, 0) is 55.5 Å². The van der Waals surface area contributed by atoms with E-state index < -0.39 is 12.5 Å². The molecule has 1 fully saturated rings. The molecule has 28 heavy (non-hydrogen) atoms. The summed E-state index contributed by atoms with van der Waals surface area (Å²) in [5, 5.41) is 2.70. The highest BCUT2D eigenvalue weighted by atomic mass is 19.3. The lowest BCUT2D eigenvalue weighted by Crippen LogP contribution is -2.28. The number of benzene rings is 2. The average Bonchev–Trinajstić information content (AvgIpc) is 3.06. The average molecular weight is 390 g/mol. The molecule has 1 heterocycles. The van der Waals surface area contributed by atoms with Crippen LogP contribution in [0, 0.1) is 5.92 Å². The summed E-state index contributed by atoms with van der Waals surface area (Å²) in [5.41, 5.74) is 1.15. The molecule has 0 saturated carbocycles. The lowest BCUT2D eigenvalue weighted by Gasteiger charge is -2.17. The molecule has 0 aromatic heterocycles. The predicted molar refractivity (Wildman–Crippen MR) is 99.8 cm³/mol. The van der Waals surface area contributed by atoms with Crippen molar-refractivity contribution in [2.45, 2.75) is 20.0 Å². The summed E-state index contributed by atoms with van der Waals surface area (Å²) in [7, 11) is 0. The van der Waals surface area contributed by atoms with Crippen molar-refractivity contribution in [1.82, 2.24) is 0 Å². The summed E-state index contributed by atoms with van der Waals surface area (Å²) in [6.45, 7) is -0.191. The first kappa shape index (κ1) is 19.6. The van der Waals surface area contributed by atoms with Gasteiger partial charge in [0, 0.05) is 24.3 Å². The third-order valence-corrected chi connectivity index (χ3v) is 4.30. The number of ether oxygens (including phenoxy) is 2. The molecule has 0 unspecified atom stereocenters. The summed E-state index contributed by atoms with van der Waals surface area (Å²) in [6, 6.07) is 12.7. The maximum absolute atomic E-state index is 12.5. The number of nitrogens with one attached hydrogen (secondary N) is 1. The van der Waals surface area contributed by atoms with Crippen LogP contribution in [0.2, 0.25) is 0 Å². The van der Waals surface area contributed by atoms with Gasteiger partial charge in [-0.1, -0.05) is 0 Å². The Morgan fingerprint density at radius 2 is 1.79 bits per heavy atom. The largest absolute Gasteiger partial charge is 0.494 e. The minimum Gasteiger partial charge on any atom is -0.494 e. The lowest BCUT2D eigenvalue weighted by atomic mass is 10.1. The molecule has 8 heteroatoms. The van der Waals surface area contributed by atoms with E-state index in [-0.39, 0.29) is 30.5 Å². The van der Waals surface area contributed by atoms with Crippen LogP contribution in [-0.2, 0) is 9.59 Å². The third kappa shape index (κ3) is 4.76. The highest BCUT2D eigenvalue weighted by Gasteiger charge is 2.35. The van der Waals surface area contributed by atoms with E-state index >= 15 is 0 Å². The summed E-state index contributed by atoms with van der Waals surface area (Å²) in [6.07, 6.45) is 0.103. The van der Waals surface area contributed by atoms with Crippen LogP contribution in [0.4, 0.5) is 20.2 Å². The smallest absolute Gasteiger partial charge is 0.387 e. The monoisotopic (exact) mass is 390 g/mol. The fourth-order valence-electron chi connectivity index (χ4n) is 2.99. The Hall–Kier alpha value is -3.16. The molecule has 2 aromatic rings. The van der Waals surface area contributed by atoms with Gasteiger partial charge >= 0.3 is 6.61 Å². The van der Waals surface area contributed by atoms with E-state index in [0.717, 1.165) is 0 Å². The second-order valence-corrected chi connectivity index (χ2v) is 6.22. The SMILES string of the molecule is CCOc1ccc(N2C[C@H](C(=O)Nc3ccc(OC(F)F)cc3)CC2=O)cc1. The number of halogens is 2. The van der Waals surface area contributed by atoms with E-state index in [1.165, 1.54) is 24.3 Å². The number of carbonyl (C=O) groups is 2. The van der Waals surface area contributed by atoms with E-state index in [9.17, 15) is 18.4 Å². The van der Waals surface area contributed by atoms with Crippen molar-refractivity contribution >= 4 is 23.2 Å². The van der Waals surface area contributed by atoms with Gasteiger partial charge in [-0.15, -0.1) is 0 Å². The van der Waals surface area contributed by atoms with Gasteiger partial charge in [-0.25, -0.2) is 0 Å². The van der Waals surface area contributed by atoms with Crippen LogP contribution in [0.25, 0.3) is 0 Å². The minimum atomic E-state index is -2.90. The fourth-order valence-corrected chi connectivity index (χ4v) is 2.99. The van der Waals surface area contributed by atoms with Crippen LogP contribution < -0.4 is 19.7 Å². The molecule has 0 spiro atoms. The minimum absolute atomic E-state index is 0.00529. The Bertz CT molecular complexity index is 825. The third-order valence-electron chi connectivity index (χ3n) is 4.30. The van der Waals surface area contributed by atoms with Crippen molar-refractivity contribution in [3.05, 3.63) is 48.5 Å². The highest BCUT2D eigenvalue weighted by Crippen LogP contribution is 2.28. The molecule has 1 saturated heterocycles. The summed E-state index contributed by atoms with van der Waals surface area (Å²) in [4.78, 5) is 26.4. The van der Waals surface area contributed by atoms with E-state index in [1.54, 1.807) is 29.2 Å². The highest BCUT2D eigenvalue weighted by molar-refractivity contribution is 6.03. The van der Waals surface area contributed by atoms with Crippen molar-refractivity contribution in [2.75, 3.05) is 23.4 Å². The molecule has 2 amide bonds.